The Kier molecular flexibility index (Phi) is 6.28. The van der Waals surface area contributed by atoms with E-state index in [1.54, 1.807) is 35.2 Å². The number of esters is 1. The van der Waals surface area contributed by atoms with Crippen LogP contribution >= 0.6 is 22.9 Å². The number of nitrogens with zero attached hydrogens (tertiary/aromatic N) is 2. The van der Waals surface area contributed by atoms with Gasteiger partial charge in [-0.3, -0.25) is 9.69 Å². The summed E-state index contributed by atoms with van der Waals surface area (Å²) in [6, 6.07) is 11.9. The number of aromatic nitrogens is 1. The molecule has 0 spiro atoms. The van der Waals surface area contributed by atoms with Gasteiger partial charge in [0.25, 0.3) is 5.91 Å². The largest absolute Gasteiger partial charge is 0.465 e. The minimum atomic E-state index is -0.435. The molecule has 0 saturated carbocycles. The highest BCUT2D eigenvalue weighted by atomic mass is 35.5. The average molecular weight is 419 g/mol. The standard InChI is InChI=1S/C20H20ClN3O3S/c1-23(2)10-11-24(20-22-16-9-8-15(21)12-17(16)28-20)18(25)13-4-6-14(7-5-13)19(26)27-3/h4-9,12H,10-11H2,1-3H3/p+1. The van der Waals surface area contributed by atoms with E-state index in [9.17, 15) is 9.59 Å². The number of benzene rings is 2. The molecule has 2 aromatic carbocycles. The maximum Gasteiger partial charge on any atom is 0.337 e. The zero-order valence-electron chi connectivity index (χ0n) is 15.9. The zero-order valence-corrected chi connectivity index (χ0v) is 17.4. The molecule has 3 aromatic rings. The van der Waals surface area contributed by atoms with Crippen LogP contribution in [-0.4, -0.2) is 51.2 Å². The predicted molar refractivity (Wildman–Crippen MR) is 112 cm³/mol. The molecular formula is C20H21ClN3O3S+. The number of hydrogen-bond donors (Lipinski definition) is 1. The third-order valence-electron chi connectivity index (χ3n) is 4.20. The molecule has 0 saturated heterocycles. The van der Waals surface area contributed by atoms with E-state index in [1.807, 2.05) is 26.2 Å². The van der Waals surface area contributed by atoms with E-state index < -0.39 is 5.97 Å². The van der Waals surface area contributed by atoms with Crippen LogP contribution in [0.4, 0.5) is 5.13 Å². The summed E-state index contributed by atoms with van der Waals surface area (Å²) in [5, 5.41) is 1.26. The van der Waals surface area contributed by atoms with Crippen LogP contribution in [0, 0.1) is 0 Å². The summed E-state index contributed by atoms with van der Waals surface area (Å²) in [4.78, 5) is 32.3. The number of amides is 1. The molecule has 146 valence electrons. The number of halogens is 1. The van der Waals surface area contributed by atoms with E-state index in [-0.39, 0.29) is 5.91 Å². The van der Waals surface area contributed by atoms with Crippen molar-refractivity contribution in [3.05, 3.63) is 58.6 Å². The first-order valence-corrected chi connectivity index (χ1v) is 9.94. The van der Waals surface area contributed by atoms with Gasteiger partial charge in [0.05, 0.1) is 50.1 Å². The molecule has 0 fully saturated rings. The van der Waals surface area contributed by atoms with Crippen LogP contribution < -0.4 is 9.80 Å². The van der Waals surface area contributed by atoms with Gasteiger partial charge in [-0.15, -0.1) is 0 Å². The van der Waals surface area contributed by atoms with E-state index in [0.717, 1.165) is 16.8 Å². The molecule has 0 aliphatic carbocycles. The van der Waals surface area contributed by atoms with Crippen molar-refractivity contribution in [3.63, 3.8) is 0 Å². The number of thiazole rings is 1. The molecule has 1 aromatic heterocycles. The lowest BCUT2D eigenvalue weighted by Crippen LogP contribution is -3.06. The Bertz CT molecular complexity index is 1000. The fourth-order valence-electron chi connectivity index (χ4n) is 2.64. The number of ether oxygens (including phenoxy) is 1. The van der Waals surface area contributed by atoms with E-state index in [0.29, 0.717) is 27.8 Å². The summed E-state index contributed by atoms with van der Waals surface area (Å²) < 4.78 is 5.63. The van der Waals surface area contributed by atoms with E-state index >= 15 is 0 Å². The summed E-state index contributed by atoms with van der Waals surface area (Å²) in [5.74, 6) is -0.599. The van der Waals surface area contributed by atoms with Crippen LogP contribution in [0.25, 0.3) is 10.2 Å². The van der Waals surface area contributed by atoms with Crippen molar-refractivity contribution in [1.82, 2.24) is 4.98 Å². The summed E-state index contributed by atoms with van der Waals surface area (Å²) in [7, 11) is 5.39. The number of fused-ring (bicyclic) bond motifs is 1. The molecule has 0 unspecified atom stereocenters. The molecule has 3 rings (SSSR count). The van der Waals surface area contributed by atoms with Gasteiger partial charge in [-0.2, -0.15) is 0 Å². The van der Waals surface area contributed by atoms with E-state index in [2.05, 4.69) is 4.98 Å². The Labute approximate surface area is 172 Å². The van der Waals surface area contributed by atoms with Crippen molar-refractivity contribution < 1.29 is 19.2 Å². The van der Waals surface area contributed by atoms with Crippen LogP contribution in [0.3, 0.4) is 0 Å². The molecule has 28 heavy (non-hydrogen) atoms. The Balaban J connectivity index is 1.93. The number of carbonyl (C=O) groups is 2. The van der Waals surface area contributed by atoms with Gasteiger partial charge in [0.2, 0.25) is 0 Å². The molecule has 1 amide bonds. The molecule has 6 nitrogen and oxygen atoms in total. The van der Waals surface area contributed by atoms with Crippen molar-refractivity contribution >= 4 is 50.2 Å². The fraction of sp³-hybridized carbons (Fsp3) is 0.250. The lowest BCUT2D eigenvalue weighted by atomic mass is 10.1. The topological polar surface area (TPSA) is 63.9 Å². The second-order valence-corrected chi connectivity index (χ2v) is 8.04. The minimum Gasteiger partial charge on any atom is -0.465 e. The Morgan fingerprint density at radius 1 is 1.14 bits per heavy atom. The van der Waals surface area contributed by atoms with Crippen LogP contribution in [0.2, 0.25) is 5.02 Å². The number of carbonyl (C=O) groups excluding carboxylic acids is 2. The predicted octanol–water partition coefficient (Wildman–Crippen LogP) is 2.53. The van der Waals surface area contributed by atoms with Gasteiger partial charge in [0, 0.05) is 10.6 Å². The monoisotopic (exact) mass is 418 g/mol. The average Bonchev–Trinajstić information content (AvgIpc) is 3.10. The first-order valence-electron chi connectivity index (χ1n) is 8.74. The minimum absolute atomic E-state index is 0.164. The molecule has 0 aliphatic heterocycles. The summed E-state index contributed by atoms with van der Waals surface area (Å²) in [6.45, 7) is 1.29. The molecule has 0 atom stereocenters. The zero-order chi connectivity index (χ0) is 20.3. The van der Waals surface area contributed by atoms with Gasteiger partial charge < -0.3 is 9.64 Å². The van der Waals surface area contributed by atoms with Crippen LogP contribution in [-0.2, 0) is 4.74 Å². The SMILES string of the molecule is COC(=O)c1ccc(C(=O)N(CC[NH+](C)C)c2nc3ccc(Cl)cc3s2)cc1. The summed E-state index contributed by atoms with van der Waals surface area (Å²) in [6.07, 6.45) is 0. The molecule has 0 aliphatic rings. The number of hydrogen-bond acceptors (Lipinski definition) is 5. The number of quaternary nitrogens is 1. The summed E-state index contributed by atoms with van der Waals surface area (Å²) >= 11 is 7.51. The lowest BCUT2D eigenvalue weighted by Gasteiger charge is -2.20. The Hall–Kier alpha value is -2.48. The van der Waals surface area contributed by atoms with Gasteiger partial charge in [-0.05, 0) is 42.5 Å². The van der Waals surface area contributed by atoms with Gasteiger partial charge in [0.1, 0.15) is 0 Å². The van der Waals surface area contributed by atoms with Crippen molar-refractivity contribution in [2.24, 2.45) is 0 Å². The van der Waals surface area contributed by atoms with Crippen molar-refractivity contribution in [3.8, 4) is 0 Å². The highest BCUT2D eigenvalue weighted by molar-refractivity contribution is 7.22. The van der Waals surface area contributed by atoms with Crippen molar-refractivity contribution in [2.75, 3.05) is 39.2 Å². The third-order valence-corrected chi connectivity index (χ3v) is 5.48. The molecule has 1 heterocycles. The lowest BCUT2D eigenvalue weighted by molar-refractivity contribution is -0.856. The highest BCUT2D eigenvalue weighted by Crippen LogP contribution is 2.31. The number of likely N-dealkylation sites (N-methyl/N-ethyl adjacent to an activating group) is 1. The highest BCUT2D eigenvalue weighted by Gasteiger charge is 2.22. The second kappa shape index (κ2) is 8.68. The molecule has 8 heteroatoms. The smallest absolute Gasteiger partial charge is 0.337 e. The first-order chi connectivity index (χ1) is 13.4. The third kappa shape index (κ3) is 4.49. The van der Waals surface area contributed by atoms with Crippen LogP contribution in [0.5, 0.6) is 0 Å². The number of rotatable bonds is 6. The number of anilines is 1. The van der Waals surface area contributed by atoms with Gasteiger partial charge >= 0.3 is 5.97 Å². The molecule has 0 bridgehead atoms. The van der Waals surface area contributed by atoms with Crippen molar-refractivity contribution in [2.45, 2.75) is 0 Å². The van der Waals surface area contributed by atoms with Gasteiger partial charge in [-0.25, -0.2) is 9.78 Å². The fourth-order valence-corrected chi connectivity index (χ4v) is 3.91. The van der Waals surface area contributed by atoms with Crippen LogP contribution in [0.1, 0.15) is 20.7 Å². The number of methoxy groups -OCH3 is 1. The van der Waals surface area contributed by atoms with E-state index in [1.165, 1.54) is 23.3 Å². The normalized spacial score (nSPS) is 11.0. The quantitative estimate of drug-likeness (QED) is 0.625. The molecule has 0 radical (unpaired) electrons. The Morgan fingerprint density at radius 2 is 1.82 bits per heavy atom. The maximum atomic E-state index is 13.2. The van der Waals surface area contributed by atoms with Gasteiger partial charge in [-0.1, -0.05) is 22.9 Å². The summed E-state index contributed by atoms with van der Waals surface area (Å²) in [5.41, 5.74) is 1.69. The Morgan fingerprint density at radius 3 is 2.46 bits per heavy atom. The molecular weight excluding hydrogens is 398 g/mol. The first kappa shape index (κ1) is 20.3. The molecule has 1 N–H and O–H groups in total. The van der Waals surface area contributed by atoms with Crippen molar-refractivity contribution in [1.29, 1.82) is 0 Å². The number of nitrogens with one attached hydrogen (secondary N) is 1. The van der Waals surface area contributed by atoms with E-state index in [4.69, 9.17) is 16.3 Å². The van der Waals surface area contributed by atoms with Gasteiger partial charge in [0.15, 0.2) is 5.13 Å². The second-order valence-electron chi connectivity index (χ2n) is 6.59. The maximum absolute atomic E-state index is 13.2. The van der Waals surface area contributed by atoms with Crippen LogP contribution in [0.15, 0.2) is 42.5 Å².